The quantitative estimate of drug-likeness (QED) is 0.170. The summed E-state index contributed by atoms with van der Waals surface area (Å²) in [5, 5.41) is 0. The summed E-state index contributed by atoms with van der Waals surface area (Å²) in [6, 6.07) is 0. The highest BCUT2D eigenvalue weighted by Gasteiger charge is 2.47. The zero-order valence-electron chi connectivity index (χ0n) is 71.2. The second-order valence-corrected chi connectivity index (χ2v) is 35.8. The number of nitrogens with zero attached hydrogens (tertiary/aromatic N) is 2. The fourth-order valence-electron chi connectivity index (χ4n) is 18.9. The Balaban J connectivity index is 1.64. The largest absolute Gasteiger partial charge is 0.382 e. The van der Waals surface area contributed by atoms with Crippen LogP contribution in [-0.2, 0) is 19.0 Å². The average Bonchev–Trinajstić information content (AvgIpc) is 0.774. The van der Waals surface area contributed by atoms with E-state index in [-0.39, 0.29) is 11.1 Å². The van der Waals surface area contributed by atoms with E-state index in [9.17, 15) is 4.79 Å². The Morgan fingerprint density at radius 2 is 0.394 bits per heavy atom. The van der Waals surface area contributed by atoms with Gasteiger partial charge >= 0.3 is 0 Å². The number of amides is 1. The van der Waals surface area contributed by atoms with Crippen LogP contribution in [0.15, 0.2) is 0 Å². The summed E-state index contributed by atoms with van der Waals surface area (Å²) < 4.78 is 19.7. The van der Waals surface area contributed by atoms with Gasteiger partial charge in [-0.05, 0) is 63.1 Å². The Morgan fingerprint density at radius 1 is 0.231 bits per heavy atom. The van der Waals surface area contributed by atoms with Gasteiger partial charge in [-0.15, -0.1) is 0 Å². The topological polar surface area (TPSA) is 51.2 Å². The Labute approximate surface area is 658 Å². The zero-order valence-corrected chi connectivity index (χ0v) is 71.9. The molecule has 1 amide bonds. The number of hydrogen-bond acceptors (Lipinski definition) is 5. The summed E-state index contributed by atoms with van der Waals surface area (Å²) >= 11 is 8.45. The fourth-order valence-corrected chi connectivity index (χ4v) is 19.4. The molecule has 1 atom stereocenters. The van der Waals surface area contributed by atoms with Gasteiger partial charge < -0.3 is 19.1 Å². The number of halogens is 1. The fraction of sp³-hybridized carbons (Fsp3) is 0.990. The molecule has 0 aromatic carbocycles. The average molecular weight is 1480 g/mol. The van der Waals surface area contributed by atoms with Crippen LogP contribution >= 0.6 is 11.8 Å². The van der Waals surface area contributed by atoms with Gasteiger partial charge in [0, 0.05) is 37.7 Å². The SMILES string of the molecule is COCCOCCOCCN1CCCCCC2(CCCCCCCCCCCCCCCCCCCCCCCCCCCCCCCCCCCCCCCCCCCCCCCCCCCC1=O)CCCCCCCCCCCCCCCCCCCCCCCCCCC1(CCCCC1)N2Cl. The van der Waals surface area contributed by atoms with E-state index in [0.29, 0.717) is 51.9 Å². The van der Waals surface area contributed by atoms with Crippen molar-refractivity contribution >= 4 is 17.7 Å². The smallest absolute Gasteiger partial charge is 0.222 e. The molecule has 3 aliphatic rings. The lowest BCUT2D eigenvalue weighted by Crippen LogP contribution is -2.57. The third-order valence-electron chi connectivity index (χ3n) is 25.9. The first kappa shape index (κ1) is 97.8. The van der Waals surface area contributed by atoms with Gasteiger partial charge in [0.25, 0.3) is 0 Å². The molecule has 0 N–H and O–H groups in total. The molecule has 2 aliphatic heterocycles. The summed E-state index contributed by atoms with van der Waals surface area (Å²) in [6.07, 6.45) is 120. The van der Waals surface area contributed by atoms with Crippen LogP contribution in [0.5, 0.6) is 0 Å². The lowest BCUT2D eigenvalue weighted by atomic mass is 9.73. The predicted octanol–water partition coefficient (Wildman–Crippen LogP) is 33.0. The Kier molecular flexibility index (Phi) is 73.3. The van der Waals surface area contributed by atoms with Gasteiger partial charge in [-0.3, -0.25) is 4.79 Å². The van der Waals surface area contributed by atoms with Crippen molar-refractivity contribution in [1.29, 1.82) is 0 Å². The number of methoxy groups -OCH3 is 1. The predicted molar refractivity (Wildman–Crippen MR) is 460 cm³/mol. The van der Waals surface area contributed by atoms with E-state index in [0.717, 1.165) is 25.8 Å². The normalized spacial score (nSPS) is 25.2. The number of carbonyl (C=O) groups excluding carboxylic acids is 1. The summed E-state index contributed by atoms with van der Waals surface area (Å²) in [7, 11) is 1.72. The monoisotopic (exact) mass is 1480 g/mol. The van der Waals surface area contributed by atoms with E-state index in [1.807, 2.05) is 0 Å². The lowest BCUT2D eigenvalue weighted by Gasteiger charge is -2.53. The molecule has 1 unspecified atom stereocenters. The van der Waals surface area contributed by atoms with Crippen molar-refractivity contribution in [3.63, 3.8) is 0 Å². The van der Waals surface area contributed by atoms with E-state index < -0.39 is 0 Å². The molecule has 0 aromatic rings. The number of carbonyl (C=O) groups is 1. The van der Waals surface area contributed by atoms with Gasteiger partial charge in [0.2, 0.25) is 5.91 Å². The molecule has 6 nitrogen and oxygen atoms in total. The van der Waals surface area contributed by atoms with Crippen LogP contribution in [0.2, 0.25) is 0 Å². The van der Waals surface area contributed by atoms with Gasteiger partial charge in [0.1, 0.15) is 0 Å². The van der Waals surface area contributed by atoms with Crippen molar-refractivity contribution in [3.05, 3.63) is 0 Å². The zero-order chi connectivity index (χ0) is 73.6. The summed E-state index contributed by atoms with van der Waals surface area (Å²) in [4.78, 5) is 16.4. The lowest BCUT2D eigenvalue weighted by molar-refractivity contribution is -0.132. The highest BCUT2D eigenvalue weighted by Crippen LogP contribution is 2.48. The van der Waals surface area contributed by atoms with Crippen LogP contribution in [0, 0.1) is 0 Å². The Hall–Kier alpha value is -0.400. The number of hydrogen-bond donors (Lipinski definition) is 0. The molecule has 3 rings (SSSR count). The summed E-state index contributed by atoms with van der Waals surface area (Å²) in [5.41, 5.74) is 0.159. The molecule has 104 heavy (non-hydrogen) atoms. The molecule has 1 saturated carbocycles. The van der Waals surface area contributed by atoms with Gasteiger partial charge in [-0.25, -0.2) is 4.42 Å². The first-order chi connectivity index (χ1) is 51.6. The van der Waals surface area contributed by atoms with E-state index in [4.69, 9.17) is 26.0 Å². The summed E-state index contributed by atoms with van der Waals surface area (Å²) in [6.45, 7) is 4.42. The molecule has 2 spiro atoms. The Bertz CT molecular complexity index is 1690. The molecular formula is C97H189ClN2O4. The maximum absolute atomic E-state index is 14.2. The first-order valence-electron chi connectivity index (χ1n) is 49.0. The molecule has 0 bridgehead atoms. The van der Waals surface area contributed by atoms with Crippen LogP contribution in [0.3, 0.4) is 0 Å². The standard InChI is InChI=1S/C97H189ClN2O4/c1-102-91-92-104-94-93-103-90-89-99-88-80-72-79-87-96(83-75-69-65-61-57-53-49-45-41-37-33-29-30-34-38-42-46-50-54-58-62-66-70-76-84-97(100(96)98)85-77-71-78-86-97)82-74-68-64-60-56-52-48-44-40-36-32-28-26-24-22-20-18-16-14-12-10-8-6-4-2-3-5-7-9-11-13-15-17-19-21-23-25-27-31-35-39-43-47-51-55-59-63-67-73-81-95(99)101/h2-94H2,1H3. The van der Waals surface area contributed by atoms with Gasteiger partial charge in [0.15, 0.2) is 0 Å². The van der Waals surface area contributed by atoms with Gasteiger partial charge in [-0.2, -0.15) is 0 Å². The minimum atomic E-state index is 0.0362. The first-order valence-corrected chi connectivity index (χ1v) is 49.3. The molecule has 618 valence electrons. The molecular weight excluding hydrogens is 1290 g/mol. The molecule has 1 aliphatic carbocycles. The molecule has 0 radical (unpaired) electrons. The van der Waals surface area contributed by atoms with Gasteiger partial charge in [0.05, 0.1) is 33.0 Å². The van der Waals surface area contributed by atoms with Crippen LogP contribution < -0.4 is 0 Å². The van der Waals surface area contributed by atoms with Gasteiger partial charge in [-0.1, -0.05) is 494 Å². The van der Waals surface area contributed by atoms with Crippen molar-refractivity contribution in [2.75, 3.05) is 53.2 Å². The highest BCUT2D eigenvalue weighted by molar-refractivity contribution is 6.14. The maximum atomic E-state index is 14.2. The second kappa shape index (κ2) is 77.9. The third-order valence-corrected chi connectivity index (χ3v) is 26.6. The summed E-state index contributed by atoms with van der Waals surface area (Å²) in [5.74, 6) is 0.340. The van der Waals surface area contributed by atoms with E-state index >= 15 is 0 Å². The van der Waals surface area contributed by atoms with Crippen LogP contribution in [0.1, 0.15) is 552 Å². The van der Waals surface area contributed by atoms with Crippen LogP contribution in [0.25, 0.3) is 0 Å². The van der Waals surface area contributed by atoms with Crippen LogP contribution in [0.4, 0.5) is 0 Å². The van der Waals surface area contributed by atoms with Crippen molar-refractivity contribution in [3.8, 4) is 0 Å². The van der Waals surface area contributed by atoms with E-state index in [2.05, 4.69) is 9.32 Å². The minimum Gasteiger partial charge on any atom is -0.382 e. The molecule has 2 saturated heterocycles. The van der Waals surface area contributed by atoms with Crippen molar-refractivity contribution in [1.82, 2.24) is 9.32 Å². The Morgan fingerprint density at radius 3 is 0.606 bits per heavy atom. The molecule has 2 heterocycles. The number of rotatable bonds is 9. The minimum absolute atomic E-state index is 0.0362. The number of ether oxygens (including phenoxy) is 3. The van der Waals surface area contributed by atoms with Crippen molar-refractivity contribution < 1.29 is 19.0 Å². The van der Waals surface area contributed by atoms with Crippen molar-refractivity contribution in [2.24, 2.45) is 0 Å². The van der Waals surface area contributed by atoms with E-state index in [1.165, 1.54) is 527 Å². The molecule has 7 heteroatoms. The maximum Gasteiger partial charge on any atom is 0.222 e. The highest BCUT2D eigenvalue weighted by atomic mass is 35.5. The molecule has 0 aromatic heterocycles. The molecule has 3 fully saturated rings. The third kappa shape index (κ3) is 60.3. The van der Waals surface area contributed by atoms with E-state index in [1.54, 1.807) is 7.11 Å². The van der Waals surface area contributed by atoms with Crippen molar-refractivity contribution in [2.45, 2.75) is 563 Å². The second-order valence-electron chi connectivity index (χ2n) is 35.5. The van der Waals surface area contributed by atoms with Crippen LogP contribution in [-0.4, -0.2) is 79.5 Å².